The van der Waals surface area contributed by atoms with E-state index in [1.54, 1.807) is 19.9 Å². The Hall–Kier alpha value is -0.980. The van der Waals surface area contributed by atoms with E-state index in [-0.39, 0.29) is 17.3 Å². The minimum atomic E-state index is -3.45. The second-order valence-corrected chi connectivity index (χ2v) is 5.43. The fourth-order valence-electron chi connectivity index (χ4n) is 1.59. The smallest absolute Gasteiger partial charge is 0.243 e. The fourth-order valence-corrected chi connectivity index (χ4v) is 3.08. The monoisotopic (exact) mass is 294 g/mol. The Bertz CT molecular complexity index is 487. The Morgan fingerprint density at radius 1 is 1.28 bits per heavy atom. The van der Waals surface area contributed by atoms with Gasteiger partial charge in [0.2, 0.25) is 10.0 Å². The molecule has 0 bridgehead atoms. The minimum Gasteiger partial charge on any atom is -0.495 e. The highest BCUT2D eigenvalue weighted by Crippen LogP contribution is 2.25. The highest BCUT2D eigenvalue weighted by Gasteiger charge is 2.22. The van der Waals surface area contributed by atoms with Crippen LogP contribution < -0.4 is 10.5 Å². The first kappa shape index (κ1) is 17.0. The first-order chi connectivity index (χ1) is 7.97. The molecule has 1 rings (SSSR count). The van der Waals surface area contributed by atoms with E-state index >= 15 is 0 Å². The molecule has 0 amide bonds. The van der Waals surface area contributed by atoms with Crippen LogP contribution in [0, 0.1) is 0 Å². The number of benzene rings is 1. The molecule has 2 N–H and O–H groups in total. The summed E-state index contributed by atoms with van der Waals surface area (Å²) in [7, 11) is -1.96. The van der Waals surface area contributed by atoms with Gasteiger partial charge in [-0.15, -0.1) is 12.4 Å². The first-order valence-corrected chi connectivity index (χ1v) is 6.85. The van der Waals surface area contributed by atoms with E-state index in [1.165, 1.54) is 23.5 Å². The summed E-state index contributed by atoms with van der Waals surface area (Å²) < 4.78 is 30.7. The van der Waals surface area contributed by atoms with Crippen molar-refractivity contribution in [2.24, 2.45) is 0 Å². The Balaban J connectivity index is 0.00000289. The van der Waals surface area contributed by atoms with Crippen LogP contribution in [0.1, 0.15) is 13.8 Å². The Kier molecular flexibility index (Phi) is 6.45. The number of rotatable bonds is 5. The van der Waals surface area contributed by atoms with E-state index in [0.717, 1.165) is 0 Å². The maximum absolute atomic E-state index is 12.2. The second-order valence-electron chi connectivity index (χ2n) is 3.49. The van der Waals surface area contributed by atoms with Gasteiger partial charge in [0.25, 0.3) is 0 Å². The zero-order chi connectivity index (χ0) is 13.1. The van der Waals surface area contributed by atoms with Crippen molar-refractivity contribution in [3.8, 4) is 5.75 Å². The molecule has 0 spiro atoms. The van der Waals surface area contributed by atoms with Gasteiger partial charge < -0.3 is 10.5 Å². The van der Waals surface area contributed by atoms with E-state index in [1.807, 2.05) is 0 Å². The molecule has 5 nitrogen and oxygen atoms in total. The Morgan fingerprint density at radius 2 is 1.83 bits per heavy atom. The number of nitrogens with zero attached hydrogens (tertiary/aromatic N) is 1. The normalized spacial score (nSPS) is 11.1. The molecule has 1 aromatic rings. The second kappa shape index (κ2) is 6.82. The maximum atomic E-state index is 12.2. The van der Waals surface area contributed by atoms with Crippen LogP contribution in [0.5, 0.6) is 5.75 Å². The number of hydrogen-bond acceptors (Lipinski definition) is 4. The van der Waals surface area contributed by atoms with Gasteiger partial charge >= 0.3 is 0 Å². The summed E-state index contributed by atoms with van der Waals surface area (Å²) in [4.78, 5) is 0.194. The lowest BCUT2D eigenvalue weighted by molar-refractivity contribution is 0.416. The van der Waals surface area contributed by atoms with Crippen LogP contribution in [0.25, 0.3) is 0 Å². The largest absolute Gasteiger partial charge is 0.495 e. The Morgan fingerprint density at radius 3 is 2.22 bits per heavy atom. The molecule has 18 heavy (non-hydrogen) atoms. The van der Waals surface area contributed by atoms with Gasteiger partial charge in [0, 0.05) is 13.1 Å². The summed E-state index contributed by atoms with van der Waals surface area (Å²) in [6.07, 6.45) is 0. The molecule has 0 aliphatic heterocycles. The molecule has 0 aliphatic rings. The highest BCUT2D eigenvalue weighted by molar-refractivity contribution is 7.89. The van der Waals surface area contributed by atoms with Gasteiger partial charge in [-0.05, 0) is 18.2 Å². The van der Waals surface area contributed by atoms with Gasteiger partial charge in [-0.25, -0.2) is 8.42 Å². The lowest BCUT2D eigenvalue weighted by Gasteiger charge is -2.18. The molecule has 0 fully saturated rings. The highest BCUT2D eigenvalue weighted by atomic mass is 35.5. The average Bonchev–Trinajstić information content (AvgIpc) is 2.30. The lowest BCUT2D eigenvalue weighted by atomic mass is 10.3. The van der Waals surface area contributed by atoms with Crippen LogP contribution in [-0.2, 0) is 10.0 Å². The first-order valence-electron chi connectivity index (χ1n) is 5.41. The predicted octanol–water partition coefficient (Wildman–Crippen LogP) is 1.73. The topological polar surface area (TPSA) is 72.6 Å². The summed E-state index contributed by atoms with van der Waals surface area (Å²) in [5, 5.41) is 0. The summed E-state index contributed by atoms with van der Waals surface area (Å²) in [5.41, 5.74) is 6.02. The molecule has 0 unspecified atom stereocenters. The van der Waals surface area contributed by atoms with Crippen LogP contribution in [0.3, 0.4) is 0 Å². The average molecular weight is 295 g/mol. The van der Waals surface area contributed by atoms with Gasteiger partial charge in [-0.3, -0.25) is 0 Å². The third-order valence-electron chi connectivity index (χ3n) is 2.54. The van der Waals surface area contributed by atoms with Crippen molar-refractivity contribution in [2.45, 2.75) is 18.7 Å². The van der Waals surface area contributed by atoms with E-state index in [4.69, 9.17) is 10.5 Å². The molecule has 0 heterocycles. The number of sulfonamides is 1. The number of nitrogen functional groups attached to an aromatic ring is 1. The fraction of sp³-hybridized carbons (Fsp3) is 0.455. The lowest BCUT2D eigenvalue weighted by Crippen LogP contribution is -2.30. The van der Waals surface area contributed by atoms with Crippen LogP contribution >= 0.6 is 12.4 Å². The minimum absolute atomic E-state index is 0. The van der Waals surface area contributed by atoms with Crippen molar-refractivity contribution in [2.75, 3.05) is 25.9 Å². The molecule has 0 atom stereocenters. The maximum Gasteiger partial charge on any atom is 0.243 e. The molecule has 0 aromatic heterocycles. The molecular formula is C11H19ClN2O3S. The van der Waals surface area contributed by atoms with Crippen molar-refractivity contribution < 1.29 is 13.2 Å². The number of halogens is 1. The van der Waals surface area contributed by atoms with E-state index < -0.39 is 10.0 Å². The van der Waals surface area contributed by atoms with Crippen molar-refractivity contribution in [3.63, 3.8) is 0 Å². The number of anilines is 1. The van der Waals surface area contributed by atoms with Gasteiger partial charge in [-0.1, -0.05) is 13.8 Å². The van der Waals surface area contributed by atoms with Crippen molar-refractivity contribution in [3.05, 3.63) is 18.2 Å². The number of methoxy groups -OCH3 is 1. The van der Waals surface area contributed by atoms with Crippen LogP contribution in [-0.4, -0.2) is 32.9 Å². The van der Waals surface area contributed by atoms with E-state index in [2.05, 4.69) is 0 Å². The van der Waals surface area contributed by atoms with Crippen molar-refractivity contribution in [1.29, 1.82) is 0 Å². The Labute approximate surface area is 114 Å². The van der Waals surface area contributed by atoms with Gasteiger partial charge in [-0.2, -0.15) is 4.31 Å². The van der Waals surface area contributed by atoms with E-state index in [0.29, 0.717) is 24.5 Å². The quantitative estimate of drug-likeness (QED) is 0.840. The number of hydrogen-bond donors (Lipinski definition) is 1. The number of ether oxygens (including phenoxy) is 1. The summed E-state index contributed by atoms with van der Waals surface area (Å²) in [6, 6.07) is 4.49. The molecule has 0 saturated heterocycles. The van der Waals surface area contributed by atoms with Crippen molar-refractivity contribution in [1.82, 2.24) is 4.31 Å². The third kappa shape index (κ3) is 3.28. The van der Waals surface area contributed by atoms with Crippen LogP contribution in [0.2, 0.25) is 0 Å². The van der Waals surface area contributed by atoms with Crippen LogP contribution in [0.15, 0.2) is 23.1 Å². The summed E-state index contributed by atoms with van der Waals surface area (Å²) >= 11 is 0. The molecule has 104 valence electrons. The molecule has 7 heteroatoms. The van der Waals surface area contributed by atoms with Gasteiger partial charge in [0.1, 0.15) is 5.75 Å². The van der Waals surface area contributed by atoms with Crippen LogP contribution in [0.4, 0.5) is 5.69 Å². The molecule has 0 radical (unpaired) electrons. The van der Waals surface area contributed by atoms with Gasteiger partial charge in [0.15, 0.2) is 0 Å². The predicted molar refractivity (Wildman–Crippen MR) is 74.8 cm³/mol. The molecule has 0 saturated carbocycles. The summed E-state index contributed by atoms with van der Waals surface area (Å²) in [6.45, 7) is 4.47. The number of nitrogens with two attached hydrogens (primary N) is 1. The van der Waals surface area contributed by atoms with E-state index in [9.17, 15) is 8.42 Å². The van der Waals surface area contributed by atoms with Crippen molar-refractivity contribution >= 4 is 28.1 Å². The third-order valence-corrected chi connectivity index (χ3v) is 4.59. The molecule has 1 aromatic carbocycles. The molecule has 0 aliphatic carbocycles. The molecular weight excluding hydrogens is 276 g/mol. The SMILES string of the molecule is CCN(CC)S(=O)(=O)c1ccc(OC)c(N)c1.Cl. The zero-order valence-corrected chi connectivity index (χ0v) is 12.3. The standard InChI is InChI=1S/C11H18N2O3S.ClH/c1-4-13(5-2)17(14,15)9-6-7-11(16-3)10(12)8-9;/h6-8H,4-5,12H2,1-3H3;1H. The summed E-state index contributed by atoms with van der Waals surface area (Å²) in [5.74, 6) is 0.475. The zero-order valence-electron chi connectivity index (χ0n) is 10.7. The van der Waals surface area contributed by atoms with Gasteiger partial charge in [0.05, 0.1) is 17.7 Å².